The molecule has 0 radical (unpaired) electrons. The molecule has 0 unspecified atom stereocenters. The van der Waals surface area contributed by atoms with E-state index in [0.29, 0.717) is 0 Å². The summed E-state index contributed by atoms with van der Waals surface area (Å²) in [5.74, 6) is 0.919. The van der Waals surface area contributed by atoms with Crippen molar-refractivity contribution < 1.29 is 9.90 Å². The first-order chi connectivity index (χ1) is 6.93. The van der Waals surface area contributed by atoms with Gasteiger partial charge in [0.05, 0.1) is 0 Å². The molecule has 0 saturated heterocycles. The second-order valence-electron chi connectivity index (χ2n) is 4.88. The van der Waals surface area contributed by atoms with E-state index in [0.717, 1.165) is 11.7 Å². The van der Waals surface area contributed by atoms with Crippen LogP contribution in [-0.2, 0) is 4.79 Å². The molecule has 0 amide bonds. The van der Waals surface area contributed by atoms with E-state index in [1.165, 1.54) is 25.7 Å². The summed E-state index contributed by atoms with van der Waals surface area (Å²) in [6, 6.07) is -0.774. The zero-order chi connectivity index (χ0) is 11.5. The maximum absolute atomic E-state index is 10.8. The van der Waals surface area contributed by atoms with Crippen LogP contribution in [0, 0.1) is 5.92 Å². The number of hydrogen-bond acceptors (Lipinski definition) is 3. The fraction of sp³-hybridized carbons (Fsp3) is 0.909. The Morgan fingerprint density at radius 1 is 1.53 bits per heavy atom. The van der Waals surface area contributed by atoms with E-state index in [1.54, 1.807) is 11.8 Å². The van der Waals surface area contributed by atoms with Gasteiger partial charge in [-0.2, -0.15) is 11.8 Å². The standard InChI is InChI=1S/C11H21NO2S/c1-11(2,9(12)10(13)14)15-7-8-5-3-4-6-8/h8-9H,3-7,12H2,1-2H3,(H,13,14)/t9-/m1/s1. The van der Waals surface area contributed by atoms with E-state index in [1.807, 2.05) is 13.8 Å². The van der Waals surface area contributed by atoms with E-state index in [-0.39, 0.29) is 4.75 Å². The van der Waals surface area contributed by atoms with Crippen LogP contribution in [0.3, 0.4) is 0 Å². The summed E-state index contributed by atoms with van der Waals surface area (Å²) in [5.41, 5.74) is 5.66. The van der Waals surface area contributed by atoms with Gasteiger partial charge in [0.1, 0.15) is 6.04 Å². The summed E-state index contributed by atoms with van der Waals surface area (Å²) in [6.45, 7) is 3.84. The summed E-state index contributed by atoms with van der Waals surface area (Å²) in [4.78, 5) is 10.8. The van der Waals surface area contributed by atoms with Crippen LogP contribution in [0.2, 0.25) is 0 Å². The Morgan fingerprint density at radius 2 is 2.07 bits per heavy atom. The first-order valence-electron chi connectivity index (χ1n) is 5.56. The summed E-state index contributed by atoms with van der Waals surface area (Å²) < 4.78 is -0.367. The van der Waals surface area contributed by atoms with Gasteiger partial charge < -0.3 is 10.8 Å². The van der Waals surface area contributed by atoms with Crippen LogP contribution in [-0.4, -0.2) is 27.6 Å². The average Bonchev–Trinajstić information content (AvgIpc) is 2.66. The van der Waals surface area contributed by atoms with Crippen molar-refractivity contribution in [3.05, 3.63) is 0 Å². The summed E-state index contributed by atoms with van der Waals surface area (Å²) in [5, 5.41) is 8.87. The van der Waals surface area contributed by atoms with Gasteiger partial charge in [0.15, 0.2) is 0 Å². The van der Waals surface area contributed by atoms with Crippen molar-refractivity contribution in [2.75, 3.05) is 5.75 Å². The van der Waals surface area contributed by atoms with Crippen LogP contribution in [0.1, 0.15) is 39.5 Å². The Kier molecular flexibility index (Phi) is 4.46. The summed E-state index contributed by atoms with van der Waals surface area (Å²) in [6.07, 6.45) is 5.25. The number of aliphatic carboxylic acids is 1. The fourth-order valence-electron chi connectivity index (χ4n) is 1.90. The molecule has 0 aromatic carbocycles. The third-order valence-corrected chi connectivity index (χ3v) is 4.82. The van der Waals surface area contributed by atoms with Crippen LogP contribution >= 0.6 is 11.8 Å². The molecule has 1 aliphatic carbocycles. The number of nitrogens with two attached hydrogens (primary N) is 1. The molecule has 3 nitrogen and oxygen atoms in total. The molecule has 88 valence electrons. The lowest BCUT2D eigenvalue weighted by atomic mass is 10.1. The van der Waals surface area contributed by atoms with Crippen molar-refractivity contribution in [1.82, 2.24) is 0 Å². The highest BCUT2D eigenvalue weighted by Gasteiger charge is 2.33. The largest absolute Gasteiger partial charge is 0.480 e. The zero-order valence-electron chi connectivity index (χ0n) is 9.53. The van der Waals surface area contributed by atoms with Crippen molar-refractivity contribution in [2.24, 2.45) is 11.7 Å². The Bertz CT molecular complexity index is 225. The minimum atomic E-state index is -0.904. The van der Waals surface area contributed by atoms with Crippen molar-refractivity contribution >= 4 is 17.7 Å². The quantitative estimate of drug-likeness (QED) is 0.760. The third kappa shape index (κ3) is 3.68. The van der Waals surface area contributed by atoms with Gasteiger partial charge in [0.2, 0.25) is 0 Å². The first-order valence-corrected chi connectivity index (χ1v) is 6.54. The zero-order valence-corrected chi connectivity index (χ0v) is 10.3. The van der Waals surface area contributed by atoms with E-state index >= 15 is 0 Å². The molecule has 0 aromatic rings. The molecule has 15 heavy (non-hydrogen) atoms. The number of rotatable bonds is 5. The minimum absolute atomic E-state index is 0.367. The van der Waals surface area contributed by atoms with Crippen LogP contribution in [0.5, 0.6) is 0 Å². The lowest BCUT2D eigenvalue weighted by Gasteiger charge is -2.29. The van der Waals surface area contributed by atoms with Crippen molar-refractivity contribution in [2.45, 2.75) is 50.3 Å². The Hall–Kier alpha value is -0.220. The Morgan fingerprint density at radius 3 is 2.53 bits per heavy atom. The summed E-state index contributed by atoms with van der Waals surface area (Å²) >= 11 is 1.71. The van der Waals surface area contributed by atoms with Crippen LogP contribution in [0.4, 0.5) is 0 Å². The van der Waals surface area contributed by atoms with Gasteiger partial charge >= 0.3 is 5.97 Å². The first kappa shape index (κ1) is 12.8. The van der Waals surface area contributed by atoms with Gasteiger partial charge in [-0.1, -0.05) is 12.8 Å². The molecule has 1 fully saturated rings. The molecule has 0 spiro atoms. The topological polar surface area (TPSA) is 63.3 Å². The molecule has 1 saturated carbocycles. The third-order valence-electron chi connectivity index (χ3n) is 3.18. The highest BCUT2D eigenvalue weighted by Crippen LogP contribution is 2.34. The number of hydrogen-bond donors (Lipinski definition) is 2. The molecule has 0 aromatic heterocycles. The van der Waals surface area contributed by atoms with E-state index in [9.17, 15) is 4.79 Å². The van der Waals surface area contributed by atoms with Crippen molar-refractivity contribution in [1.29, 1.82) is 0 Å². The second kappa shape index (κ2) is 5.21. The number of thioether (sulfide) groups is 1. The minimum Gasteiger partial charge on any atom is -0.480 e. The highest BCUT2D eigenvalue weighted by molar-refractivity contribution is 8.00. The molecule has 0 aliphatic heterocycles. The lowest BCUT2D eigenvalue weighted by molar-refractivity contribution is -0.139. The molecule has 1 atom stereocenters. The smallest absolute Gasteiger partial charge is 0.321 e. The van der Waals surface area contributed by atoms with E-state index in [2.05, 4.69) is 0 Å². The molecule has 3 N–H and O–H groups in total. The monoisotopic (exact) mass is 231 g/mol. The predicted octanol–water partition coefficient (Wildman–Crippen LogP) is 2.10. The van der Waals surface area contributed by atoms with Gasteiger partial charge in [-0.25, -0.2) is 0 Å². The highest BCUT2D eigenvalue weighted by atomic mass is 32.2. The maximum atomic E-state index is 10.8. The van der Waals surface area contributed by atoms with Crippen molar-refractivity contribution in [3.8, 4) is 0 Å². The van der Waals surface area contributed by atoms with E-state index < -0.39 is 12.0 Å². The normalized spacial score (nSPS) is 20.5. The molecular formula is C11H21NO2S. The molecular weight excluding hydrogens is 210 g/mol. The summed E-state index contributed by atoms with van der Waals surface area (Å²) in [7, 11) is 0. The maximum Gasteiger partial charge on any atom is 0.321 e. The van der Waals surface area contributed by atoms with Crippen LogP contribution in [0.25, 0.3) is 0 Å². The van der Waals surface area contributed by atoms with Crippen LogP contribution in [0.15, 0.2) is 0 Å². The fourth-order valence-corrected chi connectivity index (χ4v) is 3.18. The van der Waals surface area contributed by atoms with Crippen molar-refractivity contribution in [3.63, 3.8) is 0 Å². The number of carboxylic acids is 1. The van der Waals surface area contributed by atoms with Gasteiger partial charge in [0.25, 0.3) is 0 Å². The lowest BCUT2D eigenvalue weighted by Crippen LogP contribution is -2.47. The van der Waals surface area contributed by atoms with E-state index in [4.69, 9.17) is 10.8 Å². The molecule has 4 heteroatoms. The van der Waals surface area contributed by atoms with Gasteiger partial charge in [-0.3, -0.25) is 4.79 Å². The SMILES string of the molecule is CC(C)(SCC1CCCC1)[C@H](N)C(=O)O. The van der Waals surface area contributed by atoms with Crippen LogP contribution < -0.4 is 5.73 Å². The molecule has 1 aliphatic rings. The van der Waals surface area contributed by atoms with Gasteiger partial charge in [-0.15, -0.1) is 0 Å². The molecule has 0 heterocycles. The number of carboxylic acid groups (broad SMARTS) is 1. The molecule has 0 bridgehead atoms. The molecule has 1 rings (SSSR count). The van der Waals surface area contributed by atoms with Gasteiger partial charge in [-0.05, 0) is 38.4 Å². The predicted molar refractivity (Wildman–Crippen MR) is 64.1 cm³/mol. The van der Waals surface area contributed by atoms with Gasteiger partial charge in [0, 0.05) is 4.75 Å². The Labute approximate surface area is 95.8 Å². The number of carbonyl (C=O) groups is 1. The Balaban J connectivity index is 2.37. The average molecular weight is 231 g/mol. The second-order valence-corrected chi connectivity index (χ2v) is 6.56.